The highest BCUT2D eigenvalue weighted by Crippen LogP contribution is 2.25. The number of hydrogen-bond donors (Lipinski definition) is 0. The molecule has 2 aromatic carbocycles. The summed E-state index contributed by atoms with van der Waals surface area (Å²) in [7, 11) is 0. The average molecular weight is 346 g/mol. The molecule has 1 aromatic heterocycles. The number of benzene rings is 2. The number of ether oxygens (including phenoxy) is 1. The van der Waals surface area contributed by atoms with Gasteiger partial charge in [-0.25, -0.2) is 4.37 Å². The quantitative estimate of drug-likeness (QED) is 0.652. The number of aromatic nitrogens is 1. The van der Waals surface area contributed by atoms with Crippen molar-refractivity contribution in [3.05, 3.63) is 70.8 Å². The molecular weight excluding hydrogens is 334 g/mol. The van der Waals surface area contributed by atoms with Crippen molar-refractivity contribution in [3.8, 4) is 16.2 Å². The van der Waals surface area contributed by atoms with Crippen LogP contribution in [0.5, 0.6) is 5.75 Å². The summed E-state index contributed by atoms with van der Waals surface area (Å²) in [6.07, 6.45) is 1.82. The zero-order chi connectivity index (χ0) is 13.8. The van der Waals surface area contributed by atoms with Gasteiger partial charge in [0, 0.05) is 10.7 Å². The van der Waals surface area contributed by atoms with Crippen LogP contribution in [0.15, 0.2) is 65.3 Å². The Balaban J connectivity index is 1.67. The molecule has 0 fully saturated rings. The Morgan fingerprint density at radius 1 is 1.05 bits per heavy atom. The summed E-state index contributed by atoms with van der Waals surface area (Å²) in [5.41, 5.74) is 2.31. The molecule has 3 rings (SSSR count). The maximum Gasteiger partial charge on any atom is 0.119 e. The van der Waals surface area contributed by atoms with Crippen LogP contribution in [-0.4, -0.2) is 4.37 Å². The van der Waals surface area contributed by atoms with E-state index in [1.165, 1.54) is 22.0 Å². The maximum atomic E-state index is 5.79. The largest absolute Gasteiger partial charge is 0.489 e. The minimum absolute atomic E-state index is 0.569. The molecule has 4 heteroatoms. The van der Waals surface area contributed by atoms with Gasteiger partial charge in [0.05, 0.1) is 4.88 Å². The van der Waals surface area contributed by atoms with Crippen molar-refractivity contribution in [2.45, 2.75) is 6.61 Å². The predicted octanol–water partition coefficient (Wildman–Crippen LogP) is 5.15. The lowest BCUT2D eigenvalue weighted by atomic mass is 10.2. The average Bonchev–Trinajstić information content (AvgIpc) is 3.00. The maximum absolute atomic E-state index is 5.79. The van der Waals surface area contributed by atoms with Crippen molar-refractivity contribution in [2.24, 2.45) is 0 Å². The summed E-state index contributed by atoms with van der Waals surface area (Å²) in [4.78, 5) is 1.17. The van der Waals surface area contributed by atoms with Crippen LogP contribution in [0.25, 0.3) is 10.4 Å². The number of nitrogens with zero attached hydrogens (tertiary/aromatic N) is 1. The van der Waals surface area contributed by atoms with Crippen molar-refractivity contribution in [3.63, 3.8) is 0 Å². The lowest BCUT2D eigenvalue weighted by Gasteiger charge is -2.07. The highest BCUT2D eigenvalue weighted by Gasteiger charge is 2.01. The van der Waals surface area contributed by atoms with Gasteiger partial charge >= 0.3 is 0 Å². The van der Waals surface area contributed by atoms with Crippen LogP contribution in [0.1, 0.15) is 5.56 Å². The van der Waals surface area contributed by atoms with Gasteiger partial charge in [-0.2, -0.15) is 0 Å². The Kier molecular flexibility index (Phi) is 4.14. The van der Waals surface area contributed by atoms with E-state index in [-0.39, 0.29) is 0 Å². The molecule has 20 heavy (non-hydrogen) atoms. The SMILES string of the molecule is Brc1cccc(COc2ccc(-c3ccns3)cc2)c1. The molecule has 2 nitrogen and oxygen atoms in total. The fraction of sp³-hybridized carbons (Fsp3) is 0.0625. The van der Waals surface area contributed by atoms with E-state index in [9.17, 15) is 0 Å². The number of halogens is 1. The van der Waals surface area contributed by atoms with Crippen LogP contribution in [0.4, 0.5) is 0 Å². The van der Waals surface area contributed by atoms with Crippen LogP contribution >= 0.6 is 27.5 Å². The molecule has 0 unspecified atom stereocenters. The van der Waals surface area contributed by atoms with Gasteiger partial charge in [-0.15, -0.1) is 0 Å². The Morgan fingerprint density at radius 2 is 1.90 bits per heavy atom. The molecule has 0 amide bonds. The zero-order valence-corrected chi connectivity index (χ0v) is 13.0. The van der Waals surface area contributed by atoms with Crippen LogP contribution in [-0.2, 0) is 6.61 Å². The van der Waals surface area contributed by atoms with Gasteiger partial charge in [-0.05, 0) is 65.1 Å². The van der Waals surface area contributed by atoms with Crippen LogP contribution in [0.2, 0.25) is 0 Å². The first-order valence-electron chi connectivity index (χ1n) is 6.19. The Bertz CT molecular complexity index is 680. The minimum atomic E-state index is 0.569. The smallest absolute Gasteiger partial charge is 0.119 e. The second-order valence-electron chi connectivity index (χ2n) is 4.32. The van der Waals surface area contributed by atoms with Crippen LogP contribution < -0.4 is 4.74 Å². The Labute approximate surface area is 130 Å². The molecule has 0 aliphatic heterocycles. The van der Waals surface area contributed by atoms with E-state index in [4.69, 9.17) is 4.74 Å². The Hall–Kier alpha value is -1.65. The van der Waals surface area contributed by atoms with Gasteiger partial charge in [0.25, 0.3) is 0 Å². The molecule has 0 radical (unpaired) electrons. The molecule has 0 atom stereocenters. The predicted molar refractivity (Wildman–Crippen MR) is 86.0 cm³/mol. The van der Waals surface area contributed by atoms with E-state index < -0.39 is 0 Å². The zero-order valence-electron chi connectivity index (χ0n) is 10.6. The summed E-state index contributed by atoms with van der Waals surface area (Å²) in [5, 5.41) is 0. The van der Waals surface area contributed by atoms with Crippen molar-refractivity contribution in [1.82, 2.24) is 4.37 Å². The third kappa shape index (κ3) is 3.26. The van der Waals surface area contributed by atoms with E-state index in [1.54, 1.807) is 0 Å². The lowest BCUT2D eigenvalue weighted by Crippen LogP contribution is -1.94. The lowest BCUT2D eigenvalue weighted by molar-refractivity contribution is 0.306. The summed E-state index contributed by atoms with van der Waals surface area (Å²) in [5.74, 6) is 0.873. The van der Waals surface area contributed by atoms with Gasteiger partial charge in [-0.1, -0.05) is 28.1 Å². The first kappa shape index (κ1) is 13.3. The molecule has 0 N–H and O–H groups in total. The third-order valence-electron chi connectivity index (χ3n) is 2.87. The molecule has 0 aliphatic rings. The first-order valence-corrected chi connectivity index (χ1v) is 7.76. The van der Waals surface area contributed by atoms with E-state index in [2.05, 4.69) is 44.6 Å². The van der Waals surface area contributed by atoms with Crippen molar-refractivity contribution < 1.29 is 4.74 Å². The minimum Gasteiger partial charge on any atom is -0.489 e. The van der Waals surface area contributed by atoms with E-state index in [0.29, 0.717) is 6.61 Å². The second kappa shape index (κ2) is 6.20. The fourth-order valence-corrected chi connectivity index (χ4v) is 2.92. The standard InChI is InChI=1S/C16H12BrNOS/c17-14-3-1-2-12(10-14)11-19-15-6-4-13(5-7-15)16-8-9-18-20-16/h1-10H,11H2. The van der Waals surface area contributed by atoms with Gasteiger partial charge in [0.2, 0.25) is 0 Å². The number of rotatable bonds is 4. The topological polar surface area (TPSA) is 22.1 Å². The molecule has 0 bridgehead atoms. The highest BCUT2D eigenvalue weighted by molar-refractivity contribution is 9.10. The normalized spacial score (nSPS) is 10.4. The van der Waals surface area contributed by atoms with Crippen molar-refractivity contribution in [1.29, 1.82) is 0 Å². The summed E-state index contributed by atoms with van der Waals surface area (Å²) >= 11 is 4.96. The monoisotopic (exact) mass is 345 g/mol. The van der Waals surface area contributed by atoms with E-state index >= 15 is 0 Å². The summed E-state index contributed by atoms with van der Waals surface area (Å²) in [6.45, 7) is 0.569. The third-order valence-corrected chi connectivity index (χ3v) is 4.16. The van der Waals surface area contributed by atoms with Crippen LogP contribution in [0.3, 0.4) is 0 Å². The fourth-order valence-electron chi connectivity index (χ4n) is 1.87. The van der Waals surface area contributed by atoms with Gasteiger partial charge in [0.1, 0.15) is 12.4 Å². The molecule has 0 spiro atoms. The second-order valence-corrected chi connectivity index (χ2v) is 6.07. The molecule has 0 aliphatic carbocycles. The van der Waals surface area contributed by atoms with E-state index in [1.807, 2.05) is 36.5 Å². The molecule has 3 aromatic rings. The van der Waals surface area contributed by atoms with Crippen LogP contribution in [0, 0.1) is 0 Å². The van der Waals surface area contributed by atoms with Crippen molar-refractivity contribution in [2.75, 3.05) is 0 Å². The molecular formula is C16H12BrNOS. The van der Waals surface area contributed by atoms with E-state index in [0.717, 1.165) is 15.8 Å². The molecule has 0 saturated carbocycles. The Morgan fingerprint density at radius 3 is 2.60 bits per heavy atom. The summed E-state index contributed by atoms with van der Waals surface area (Å²) < 4.78 is 11.0. The molecule has 100 valence electrons. The van der Waals surface area contributed by atoms with Gasteiger partial charge < -0.3 is 4.74 Å². The molecule has 0 saturated heterocycles. The van der Waals surface area contributed by atoms with Crippen molar-refractivity contribution >= 4 is 27.5 Å². The van der Waals surface area contributed by atoms with Gasteiger partial charge in [0.15, 0.2) is 0 Å². The first-order chi connectivity index (χ1) is 9.81. The number of hydrogen-bond acceptors (Lipinski definition) is 3. The summed E-state index contributed by atoms with van der Waals surface area (Å²) in [6, 6.07) is 18.3. The highest BCUT2D eigenvalue weighted by atomic mass is 79.9. The molecule has 1 heterocycles. The van der Waals surface area contributed by atoms with Gasteiger partial charge in [-0.3, -0.25) is 0 Å².